The first-order valence-electron chi connectivity index (χ1n) is 6.16. The van der Waals surface area contributed by atoms with Gasteiger partial charge in [-0.2, -0.15) is 13.2 Å². The number of imidazole rings is 1. The molecule has 0 fully saturated rings. The Morgan fingerprint density at radius 3 is 2.57 bits per heavy atom. The minimum Gasteiger partial charge on any atom is -0.478 e. The van der Waals surface area contributed by atoms with Crippen LogP contribution in [0.5, 0.6) is 0 Å². The van der Waals surface area contributed by atoms with Crippen LogP contribution in [0, 0.1) is 0 Å². The van der Waals surface area contributed by atoms with E-state index in [0.717, 1.165) is 4.57 Å². The molecule has 5 nitrogen and oxygen atoms in total. The van der Waals surface area contributed by atoms with Gasteiger partial charge in [0.05, 0.1) is 16.6 Å². The summed E-state index contributed by atoms with van der Waals surface area (Å²) in [5.41, 5.74) is -0.158. The molecule has 0 aliphatic carbocycles. The molecule has 0 saturated heterocycles. The summed E-state index contributed by atoms with van der Waals surface area (Å²) < 4.78 is 40.2. The maximum absolute atomic E-state index is 13.1. The van der Waals surface area contributed by atoms with Crippen LogP contribution in [0.25, 0.3) is 11.0 Å². The number of para-hydroxylation sites is 1. The zero-order chi connectivity index (χ0) is 15.8. The monoisotopic (exact) mass is 301 g/mol. The molecule has 2 rings (SSSR count). The van der Waals surface area contributed by atoms with Crippen LogP contribution in [-0.4, -0.2) is 46.2 Å². The molecule has 1 N–H and O–H groups in total. The second-order valence-corrected chi connectivity index (χ2v) is 4.87. The summed E-state index contributed by atoms with van der Waals surface area (Å²) in [5, 5.41) is 9.16. The minimum atomic E-state index is -4.64. The van der Waals surface area contributed by atoms with Gasteiger partial charge in [-0.05, 0) is 26.2 Å². The summed E-state index contributed by atoms with van der Waals surface area (Å²) in [6, 6.07) is 4.04. The normalized spacial score (nSPS) is 12.3. The third-order valence-electron chi connectivity index (χ3n) is 3.02. The van der Waals surface area contributed by atoms with Crippen molar-refractivity contribution in [2.24, 2.45) is 0 Å². The van der Waals surface area contributed by atoms with Crippen molar-refractivity contribution in [3.8, 4) is 0 Å². The number of nitrogens with zero attached hydrogens (tertiary/aromatic N) is 3. The molecule has 0 amide bonds. The van der Waals surface area contributed by atoms with E-state index in [-0.39, 0.29) is 23.1 Å². The average Bonchev–Trinajstić information content (AvgIpc) is 2.74. The Hall–Kier alpha value is -2.09. The molecule has 0 spiro atoms. The number of alkyl halides is 3. The lowest BCUT2D eigenvalue weighted by Crippen LogP contribution is -2.23. The van der Waals surface area contributed by atoms with Crippen LogP contribution in [0.2, 0.25) is 0 Å². The average molecular weight is 301 g/mol. The Bertz CT molecular complexity index is 677. The van der Waals surface area contributed by atoms with E-state index < -0.39 is 18.0 Å². The lowest BCUT2D eigenvalue weighted by molar-refractivity contribution is -0.147. The van der Waals surface area contributed by atoms with E-state index in [1.54, 1.807) is 19.0 Å². The molecule has 0 aliphatic heterocycles. The van der Waals surface area contributed by atoms with E-state index >= 15 is 0 Å². The van der Waals surface area contributed by atoms with Gasteiger partial charge in [-0.1, -0.05) is 6.07 Å². The van der Waals surface area contributed by atoms with Crippen LogP contribution < -0.4 is 0 Å². The Morgan fingerprint density at radius 2 is 2.05 bits per heavy atom. The molecule has 0 saturated carbocycles. The maximum atomic E-state index is 13.1. The van der Waals surface area contributed by atoms with Crippen molar-refractivity contribution in [2.45, 2.75) is 12.7 Å². The van der Waals surface area contributed by atoms with Gasteiger partial charge < -0.3 is 14.6 Å². The van der Waals surface area contributed by atoms with Crippen LogP contribution >= 0.6 is 0 Å². The summed E-state index contributed by atoms with van der Waals surface area (Å²) in [7, 11) is 3.45. The standard InChI is InChI=1S/C13H14F3N3O2/c1-18(2)6-7-19-10-8(11(20)21)4-3-5-9(10)17-12(19)13(14,15)16/h3-5H,6-7H2,1-2H3,(H,20,21). The zero-order valence-electron chi connectivity index (χ0n) is 11.5. The second kappa shape index (κ2) is 5.36. The highest BCUT2D eigenvalue weighted by atomic mass is 19.4. The van der Waals surface area contributed by atoms with E-state index in [2.05, 4.69) is 4.98 Å². The zero-order valence-corrected chi connectivity index (χ0v) is 11.5. The largest absolute Gasteiger partial charge is 0.478 e. The number of carbonyl (C=O) groups is 1. The van der Waals surface area contributed by atoms with Gasteiger partial charge in [-0.3, -0.25) is 0 Å². The minimum absolute atomic E-state index is 0.000764. The number of hydrogen-bond donors (Lipinski definition) is 1. The molecular formula is C13H14F3N3O2. The van der Waals surface area contributed by atoms with Gasteiger partial charge >= 0.3 is 12.1 Å². The fourth-order valence-electron chi connectivity index (χ4n) is 2.09. The summed E-state index contributed by atoms with van der Waals surface area (Å²) in [6.45, 7) is 0.338. The van der Waals surface area contributed by atoms with Crippen LogP contribution in [0.1, 0.15) is 16.2 Å². The van der Waals surface area contributed by atoms with Crippen molar-refractivity contribution in [3.05, 3.63) is 29.6 Å². The molecule has 1 aromatic carbocycles. The number of carboxylic acid groups (broad SMARTS) is 1. The Kier molecular flexibility index (Phi) is 3.91. The number of fused-ring (bicyclic) bond motifs is 1. The first-order chi connectivity index (χ1) is 9.71. The molecule has 114 valence electrons. The molecule has 0 aliphatic rings. The van der Waals surface area contributed by atoms with Gasteiger partial charge in [-0.25, -0.2) is 9.78 Å². The highest BCUT2D eigenvalue weighted by Crippen LogP contribution is 2.32. The molecule has 1 aromatic heterocycles. The van der Waals surface area contributed by atoms with E-state index in [1.165, 1.54) is 18.2 Å². The number of aromatic carboxylic acids is 1. The van der Waals surface area contributed by atoms with Crippen molar-refractivity contribution in [1.82, 2.24) is 14.5 Å². The van der Waals surface area contributed by atoms with Crippen LogP contribution in [0.15, 0.2) is 18.2 Å². The fourth-order valence-corrected chi connectivity index (χ4v) is 2.09. The molecule has 0 unspecified atom stereocenters. The summed E-state index contributed by atoms with van der Waals surface area (Å²) in [4.78, 5) is 16.5. The predicted molar refractivity (Wildman–Crippen MR) is 70.2 cm³/mol. The lowest BCUT2D eigenvalue weighted by atomic mass is 10.2. The topological polar surface area (TPSA) is 58.4 Å². The first-order valence-corrected chi connectivity index (χ1v) is 6.16. The van der Waals surface area contributed by atoms with Gasteiger partial charge in [0.1, 0.15) is 0 Å². The highest BCUT2D eigenvalue weighted by Gasteiger charge is 2.38. The summed E-state index contributed by atoms with van der Waals surface area (Å²) >= 11 is 0. The van der Waals surface area contributed by atoms with E-state index in [0.29, 0.717) is 6.54 Å². The smallest absolute Gasteiger partial charge is 0.449 e. The highest BCUT2D eigenvalue weighted by molar-refractivity contribution is 6.01. The van der Waals surface area contributed by atoms with E-state index in [9.17, 15) is 18.0 Å². The van der Waals surface area contributed by atoms with Crippen molar-refractivity contribution >= 4 is 17.0 Å². The van der Waals surface area contributed by atoms with Crippen LogP contribution in [-0.2, 0) is 12.7 Å². The molecule has 1 heterocycles. The quantitative estimate of drug-likeness (QED) is 0.941. The van der Waals surface area contributed by atoms with Crippen molar-refractivity contribution in [1.29, 1.82) is 0 Å². The molecule has 0 bridgehead atoms. The van der Waals surface area contributed by atoms with Gasteiger partial charge in [0.15, 0.2) is 0 Å². The number of carboxylic acids is 1. The lowest BCUT2D eigenvalue weighted by Gasteiger charge is -2.15. The van der Waals surface area contributed by atoms with Gasteiger partial charge in [0, 0.05) is 13.1 Å². The summed E-state index contributed by atoms with van der Waals surface area (Å²) in [6.07, 6.45) is -4.64. The second-order valence-electron chi connectivity index (χ2n) is 4.87. The number of aromatic nitrogens is 2. The Balaban J connectivity index is 2.70. The van der Waals surface area contributed by atoms with E-state index in [1.807, 2.05) is 0 Å². The van der Waals surface area contributed by atoms with Crippen LogP contribution in [0.3, 0.4) is 0 Å². The number of likely N-dealkylation sites (N-methyl/N-ethyl adjacent to an activating group) is 1. The molecular weight excluding hydrogens is 287 g/mol. The fraction of sp³-hybridized carbons (Fsp3) is 0.385. The number of rotatable bonds is 4. The van der Waals surface area contributed by atoms with Gasteiger partial charge in [0.2, 0.25) is 5.82 Å². The number of halogens is 3. The van der Waals surface area contributed by atoms with Crippen molar-refractivity contribution < 1.29 is 23.1 Å². The molecule has 21 heavy (non-hydrogen) atoms. The number of hydrogen-bond acceptors (Lipinski definition) is 3. The predicted octanol–water partition coefficient (Wildman–Crippen LogP) is 2.31. The first kappa shape index (κ1) is 15.3. The Morgan fingerprint density at radius 1 is 1.38 bits per heavy atom. The van der Waals surface area contributed by atoms with E-state index in [4.69, 9.17) is 5.11 Å². The third-order valence-corrected chi connectivity index (χ3v) is 3.02. The van der Waals surface area contributed by atoms with Crippen molar-refractivity contribution in [2.75, 3.05) is 20.6 Å². The SMILES string of the molecule is CN(C)CCn1c(C(F)(F)F)nc2cccc(C(=O)O)c21. The Labute approximate surface area is 118 Å². The maximum Gasteiger partial charge on any atom is 0.449 e. The van der Waals surface area contributed by atoms with Gasteiger partial charge in [-0.15, -0.1) is 0 Å². The number of benzene rings is 1. The molecule has 8 heteroatoms. The van der Waals surface area contributed by atoms with Gasteiger partial charge in [0.25, 0.3) is 0 Å². The molecule has 0 atom stereocenters. The van der Waals surface area contributed by atoms with Crippen molar-refractivity contribution in [3.63, 3.8) is 0 Å². The van der Waals surface area contributed by atoms with Crippen LogP contribution in [0.4, 0.5) is 13.2 Å². The third kappa shape index (κ3) is 2.99. The molecule has 2 aromatic rings. The summed E-state index contributed by atoms with van der Waals surface area (Å²) in [5.74, 6) is -2.35. The molecule has 0 radical (unpaired) electrons.